The van der Waals surface area contributed by atoms with Crippen molar-refractivity contribution in [1.82, 2.24) is 4.90 Å². The fourth-order valence-electron chi connectivity index (χ4n) is 2.56. The molecule has 1 amide bonds. The third-order valence-corrected chi connectivity index (χ3v) is 3.59. The second-order valence-corrected chi connectivity index (χ2v) is 4.66. The van der Waals surface area contributed by atoms with Crippen molar-refractivity contribution >= 4 is 5.91 Å². The van der Waals surface area contributed by atoms with Gasteiger partial charge in [0.15, 0.2) is 0 Å². The van der Waals surface area contributed by atoms with Crippen LogP contribution in [-0.4, -0.2) is 42.1 Å². The van der Waals surface area contributed by atoms with Gasteiger partial charge in [-0.2, -0.15) is 0 Å². The monoisotopic (exact) mass is 212 g/mol. The molecule has 0 radical (unpaired) electrons. The molecular formula is C11H20N2O2. The van der Waals surface area contributed by atoms with Gasteiger partial charge in [0.25, 0.3) is 0 Å². The number of carbonyl (C=O) groups is 1. The smallest absolute Gasteiger partial charge is 0.245 e. The van der Waals surface area contributed by atoms with E-state index in [1.807, 2.05) is 4.90 Å². The first-order valence-corrected chi connectivity index (χ1v) is 5.85. The Bertz CT molecular complexity index is 249. The van der Waals surface area contributed by atoms with Crippen LogP contribution in [0.25, 0.3) is 0 Å². The van der Waals surface area contributed by atoms with Crippen molar-refractivity contribution in [3.63, 3.8) is 0 Å². The summed E-state index contributed by atoms with van der Waals surface area (Å²) in [6, 6.07) is 0.401. The van der Waals surface area contributed by atoms with Crippen LogP contribution in [0.4, 0.5) is 0 Å². The van der Waals surface area contributed by atoms with E-state index in [4.69, 9.17) is 10.5 Å². The number of hydrogen-bond donors (Lipinski definition) is 1. The minimum absolute atomic E-state index is 0.101. The molecule has 4 nitrogen and oxygen atoms in total. The minimum atomic E-state index is -0.738. The first-order valence-electron chi connectivity index (χ1n) is 5.85. The van der Waals surface area contributed by atoms with Crippen LogP contribution in [0.5, 0.6) is 0 Å². The number of hydrogen-bond acceptors (Lipinski definition) is 3. The summed E-state index contributed by atoms with van der Waals surface area (Å²) in [5.74, 6) is 0.101. The molecule has 0 saturated carbocycles. The lowest BCUT2D eigenvalue weighted by molar-refractivity contribution is -0.137. The zero-order valence-corrected chi connectivity index (χ0v) is 9.37. The molecule has 0 aliphatic carbocycles. The zero-order chi connectivity index (χ0) is 10.9. The lowest BCUT2D eigenvalue weighted by atomic mass is 9.97. The summed E-state index contributed by atoms with van der Waals surface area (Å²) < 4.78 is 5.24. The van der Waals surface area contributed by atoms with Crippen molar-refractivity contribution in [1.29, 1.82) is 0 Å². The molecule has 0 aromatic rings. The minimum Gasteiger partial charge on any atom is -0.379 e. The Kier molecular flexibility index (Phi) is 2.98. The molecule has 2 unspecified atom stereocenters. The van der Waals surface area contributed by atoms with Crippen molar-refractivity contribution in [2.45, 2.75) is 44.2 Å². The predicted molar refractivity (Wildman–Crippen MR) is 57.4 cm³/mol. The lowest BCUT2D eigenvalue weighted by Gasteiger charge is -2.31. The maximum absolute atomic E-state index is 12.3. The van der Waals surface area contributed by atoms with Crippen molar-refractivity contribution in [3.05, 3.63) is 0 Å². The molecule has 0 bridgehead atoms. The highest BCUT2D eigenvalue weighted by atomic mass is 16.5. The van der Waals surface area contributed by atoms with Crippen LogP contribution in [0.15, 0.2) is 0 Å². The molecule has 15 heavy (non-hydrogen) atoms. The molecule has 2 rings (SSSR count). The van der Waals surface area contributed by atoms with Crippen molar-refractivity contribution in [2.75, 3.05) is 19.8 Å². The van der Waals surface area contributed by atoms with Gasteiger partial charge in [-0.15, -0.1) is 0 Å². The molecule has 4 heteroatoms. The highest BCUT2D eigenvalue weighted by molar-refractivity contribution is 5.87. The maximum Gasteiger partial charge on any atom is 0.245 e. The molecule has 2 fully saturated rings. The molecule has 0 spiro atoms. The van der Waals surface area contributed by atoms with Gasteiger partial charge in [0, 0.05) is 19.2 Å². The van der Waals surface area contributed by atoms with Gasteiger partial charge in [-0.3, -0.25) is 4.79 Å². The van der Waals surface area contributed by atoms with Gasteiger partial charge in [-0.05, 0) is 25.7 Å². The van der Waals surface area contributed by atoms with Crippen LogP contribution >= 0.6 is 0 Å². The number of nitrogens with two attached hydrogens (primary N) is 1. The Morgan fingerprint density at radius 2 is 2.47 bits per heavy atom. The topological polar surface area (TPSA) is 55.6 Å². The number of ether oxygens (including phenoxy) is 1. The third kappa shape index (κ3) is 1.88. The van der Waals surface area contributed by atoms with Gasteiger partial charge >= 0.3 is 0 Å². The van der Waals surface area contributed by atoms with E-state index in [0.717, 1.165) is 25.8 Å². The first kappa shape index (κ1) is 10.9. The molecule has 0 aromatic heterocycles. The van der Waals surface area contributed by atoms with Gasteiger partial charge in [-0.25, -0.2) is 0 Å². The van der Waals surface area contributed by atoms with E-state index in [-0.39, 0.29) is 5.91 Å². The summed E-state index contributed by atoms with van der Waals surface area (Å²) in [6.07, 6.45) is 3.93. The Morgan fingerprint density at radius 1 is 1.67 bits per heavy atom. The van der Waals surface area contributed by atoms with Gasteiger partial charge in [0.2, 0.25) is 5.91 Å². The molecule has 0 aromatic carbocycles. The predicted octanol–water partition coefficient (Wildman–Crippen LogP) is 0.505. The van der Waals surface area contributed by atoms with Crippen LogP contribution in [-0.2, 0) is 9.53 Å². The summed E-state index contributed by atoms with van der Waals surface area (Å²) in [6.45, 7) is 4.01. The zero-order valence-electron chi connectivity index (χ0n) is 9.37. The standard InChI is InChI=1S/C11H20N2O2/c1-2-9-4-3-6-13(9)10(14)11(12)5-7-15-8-11/h9H,2-8,12H2,1H3. The average Bonchev–Trinajstić information content (AvgIpc) is 2.85. The molecule has 2 heterocycles. The normalized spacial score (nSPS) is 36.1. The Balaban J connectivity index is 2.06. The lowest BCUT2D eigenvalue weighted by Crippen LogP contribution is -2.56. The average molecular weight is 212 g/mol. The summed E-state index contributed by atoms with van der Waals surface area (Å²) in [5, 5.41) is 0. The molecule has 2 N–H and O–H groups in total. The van der Waals surface area contributed by atoms with Crippen molar-refractivity contribution < 1.29 is 9.53 Å². The Labute approximate surface area is 90.8 Å². The number of amides is 1. The van der Waals surface area contributed by atoms with Gasteiger partial charge in [0.05, 0.1) is 6.61 Å². The van der Waals surface area contributed by atoms with Crippen molar-refractivity contribution in [3.8, 4) is 0 Å². The molecule has 86 valence electrons. The maximum atomic E-state index is 12.3. The fraction of sp³-hybridized carbons (Fsp3) is 0.909. The summed E-state index contributed by atoms with van der Waals surface area (Å²) in [5.41, 5.74) is 5.34. The molecule has 2 atom stereocenters. The van der Waals surface area contributed by atoms with E-state index in [9.17, 15) is 4.79 Å². The second-order valence-electron chi connectivity index (χ2n) is 4.66. The second kappa shape index (κ2) is 4.10. The fourth-order valence-corrected chi connectivity index (χ4v) is 2.56. The van der Waals surface area contributed by atoms with E-state index in [1.54, 1.807) is 0 Å². The van der Waals surface area contributed by atoms with Gasteiger partial charge < -0.3 is 15.4 Å². The SMILES string of the molecule is CCC1CCCN1C(=O)C1(N)CCOC1. The van der Waals surface area contributed by atoms with E-state index in [1.165, 1.54) is 0 Å². The molecular weight excluding hydrogens is 192 g/mol. The number of carbonyl (C=O) groups excluding carboxylic acids is 1. The van der Waals surface area contributed by atoms with Crippen molar-refractivity contribution in [2.24, 2.45) is 5.73 Å². The third-order valence-electron chi connectivity index (χ3n) is 3.59. The first-order chi connectivity index (χ1) is 7.17. The van der Waals surface area contributed by atoms with E-state index in [2.05, 4.69) is 6.92 Å². The highest BCUT2D eigenvalue weighted by Crippen LogP contribution is 2.26. The van der Waals surface area contributed by atoms with Crippen LogP contribution in [0.1, 0.15) is 32.6 Å². The summed E-state index contributed by atoms with van der Waals surface area (Å²) >= 11 is 0. The highest BCUT2D eigenvalue weighted by Gasteiger charge is 2.43. The summed E-state index contributed by atoms with van der Waals surface area (Å²) in [4.78, 5) is 14.2. The Morgan fingerprint density at radius 3 is 3.07 bits per heavy atom. The van der Waals surface area contributed by atoms with E-state index < -0.39 is 5.54 Å². The van der Waals surface area contributed by atoms with Crippen LogP contribution in [0.3, 0.4) is 0 Å². The van der Waals surface area contributed by atoms with Crippen LogP contribution in [0, 0.1) is 0 Å². The largest absolute Gasteiger partial charge is 0.379 e. The van der Waals surface area contributed by atoms with Crippen LogP contribution < -0.4 is 5.73 Å². The summed E-state index contributed by atoms with van der Waals surface area (Å²) in [7, 11) is 0. The van der Waals surface area contributed by atoms with Gasteiger partial charge in [-0.1, -0.05) is 6.92 Å². The Hall–Kier alpha value is -0.610. The quantitative estimate of drug-likeness (QED) is 0.725. The van der Waals surface area contributed by atoms with Gasteiger partial charge in [0.1, 0.15) is 5.54 Å². The number of rotatable bonds is 2. The molecule has 2 aliphatic rings. The van der Waals surface area contributed by atoms with E-state index >= 15 is 0 Å². The number of likely N-dealkylation sites (tertiary alicyclic amines) is 1. The van der Waals surface area contributed by atoms with Crippen LogP contribution in [0.2, 0.25) is 0 Å². The molecule has 2 aliphatic heterocycles. The van der Waals surface area contributed by atoms with E-state index in [0.29, 0.717) is 25.7 Å². The number of nitrogens with zero attached hydrogens (tertiary/aromatic N) is 1. The molecule has 2 saturated heterocycles.